The molecule has 0 bridgehead atoms. The van der Waals surface area contributed by atoms with Gasteiger partial charge in [0.1, 0.15) is 10.8 Å². The number of amides is 2. The van der Waals surface area contributed by atoms with Gasteiger partial charge in [0, 0.05) is 35.4 Å². The number of anilines is 1. The molecular weight excluding hydrogens is 459 g/mol. The van der Waals surface area contributed by atoms with Crippen molar-refractivity contribution in [1.82, 2.24) is 14.4 Å². The molecule has 0 radical (unpaired) electrons. The first-order valence-corrected chi connectivity index (χ1v) is 12.7. The third-order valence-electron chi connectivity index (χ3n) is 7.00. The fraction of sp³-hybridized carbons (Fsp3) is 0.250. The lowest BCUT2D eigenvalue weighted by Gasteiger charge is -2.32. The second kappa shape index (κ2) is 8.66. The van der Waals surface area contributed by atoms with Crippen molar-refractivity contribution in [2.75, 3.05) is 18.9 Å². The zero-order valence-corrected chi connectivity index (χ0v) is 20.6. The highest BCUT2D eigenvalue weighted by Gasteiger charge is 2.36. The van der Waals surface area contributed by atoms with Crippen molar-refractivity contribution in [3.63, 3.8) is 0 Å². The minimum atomic E-state index is -0.349. The number of halogens is 1. The van der Waals surface area contributed by atoms with Crippen LogP contribution < -0.4 is 5.32 Å². The number of likely N-dealkylation sites (N-methyl/N-ethyl adjacent to an activating group) is 1. The number of nitrogens with one attached hydrogen (secondary N) is 1. The predicted molar refractivity (Wildman–Crippen MR) is 138 cm³/mol. The van der Waals surface area contributed by atoms with Gasteiger partial charge in [-0.25, -0.2) is 9.18 Å². The molecule has 1 N–H and O–H groups in total. The van der Waals surface area contributed by atoms with Crippen molar-refractivity contribution in [3.8, 4) is 5.00 Å². The van der Waals surface area contributed by atoms with E-state index in [-0.39, 0.29) is 17.9 Å². The molecule has 2 aliphatic rings. The molecule has 6 rings (SSSR count). The number of carbonyl (C=O) groups is 1. The zero-order chi connectivity index (χ0) is 24.1. The number of nitrogens with zero attached hydrogens (tertiary/aromatic N) is 3. The molecule has 2 amide bonds. The lowest BCUT2D eigenvalue weighted by molar-refractivity contribution is 0.194. The highest BCUT2D eigenvalue weighted by molar-refractivity contribution is 7.15. The maximum absolute atomic E-state index is 13.9. The molecule has 2 aromatic carbocycles. The Hall–Kier alpha value is -3.42. The Bertz CT molecular complexity index is 1390. The van der Waals surface area contributed by atoms with E-state index in [1.54, 1.807) is 12.1 Å². The second-order valence-corrected chi connectivity index (χ2v) is 10.5. The third-order valence-corrected chi connectivity index (χ3v) is 8.26. The largest absolute Gasteiger partial charge is 0.322 e. The first kappa shape index (κ1) is 22.1. The molecule has 1 atom stereocenters. The Morgan fingerprint density at radius 3 is 2.57 bits per heavy atom. The molecule has 0 fully saturated rings. The van der Waals surface area contributed by atoms with Gasteiger partial charge in [-0.3, -0.25) is 0 Å². The molecule has 5 nitrogen and oxygen atoms in total. The zero-order valence-electron chi connectivity index (χ0n) is 19.8. The Kier molecular flexibility index (Phi) is 5.46. The SMILES string of the molecule is Cc1ccc(NC(=O)N2Cc3c(sc4c3CCN(C)C4)-n3cccc3[C@@H]2c2ccc(F)cc2)cc1. The summed E-state index contributed by atoms with van der Waals surface area (Å²) in [6.07, 6.45) is 3.06. The summed E-state index contributed by atoms with van der Waals surface area (Å²) in [5.74, 6) is -0.286. The van der Waals surface area contributed by atoms with Gasteiger partial charge in [-0.15, -0.1) is 11.3 Å². The summed E-state index contributed by atoms with van der Waals surface area (Å²) in [6, 6.07) is 17.9. The van der Waals surface area contributed by atoms with E-state index in [0.717, 1.165) is 42.0 Å². The Morgan fingerprint density at radius 2 is 1.80 bits per heavy atom. The van der Waals surface area contributed by atoms with Crippen LogP contribution in [0.25, 0.3) is 5.00 Å². The topological polar surface area (TPSA) is 40.5 Å². The molecule has 0 saturated carbocycles. The highest BCUT2D eigenvalue weighted by Crippen LogP contribution is 2.43. The van der Waals surface area contributed by atoms with Crippen LogP contribution in [-0.4, -0.2) is 34.0 Å². The van der Waals surface area contributed by atoms with Gasteiger partial charge in [0.05, 0.1) is 18.3 Å². The number of rotatable bonds is 2. The maximum Gasteiger partial charge on any atom is 0.322 e. The molecule has 7 heteroatoms. The van der Waals surface area contributed by atoms with Crippen LogP contribution in [-0.2, 0) is 19.5 Å². The Morgan fingerprint density at radius 1 is 1.03 bits per heavy atom. The number of hydrogen-bond acceptors (Lipinski definition) is 3. The molecule has 0 aliphatic carbocycles. The van der Waals surface area contributed by atoms with Gasteiger partial charge >= 0.3 is 6.03 Å². The van der Waals surface area contributed by atoms with E-state index in [1.165, 1.54) is 33.1 Å². The van der Waals surface area contributed by atoms with E-state index in [4.69, 9.17) is 0 Å². The number of thiophene rings is 1. The summed E-state index contributed by atoms with van der Waals surface area (Å²) in [5, 5.41) is 4.29. The Labute approximate surface area is 208 Å². The number of fused-ring (bicyclic) bond motifs is 5. The van der Waals surface area contributed by atoms with Gasteiger partial charge in [0.25, 0.3) is 0 Å². The van der Waals surface area contributed by atoms with E-state index in [0.29, 0.717) is 6.54 Å². The number of aromatic nitrogens is 1. The van der Waals surface area contributed by atoms with Crippen LogP contribution in [0, 0.1) is 12.7 Å². The lowest BCUT2D eigenvalue weighted by Crippen LogP contribution is -2.38. The van der Waals surface area contributed by atoms with Crippen LogP contribution in [0.5, 0.6) is 0 Å². The van der Waals surface area contributed by atoms with Crippen molar-refractivity contribution in [3.05, 3.63) is 106 Å². The first-order chi connectivity index (χ1) is 17.0. The summed E-state index contributed by atoms with van der Waals surface area (Å²) in [6.45, 7) is 4.45. The van der Waals surface area contributed by atoms with Crippen molar-refractivity contribution in [2.45, 2.75) is 32.5 Å². The van der Waals surface area contributed by atoms with Gasteiger partial charge in [0.15, 0.2) is 0 Å². The van der Waals surface area contributed by atoms with Crippen LogP contribution in [0.2, 0.25) is 0 Å². The minimum absolute atomic E-state index is 0.170. The number of carbonyl (C=O) groups excluding carboxylic acids is 1. The van der Waals surface area contributed by atoms with Crippen LogP contribution in [0.4, 0.5) is 14.9 Å². The van der Waals surface area contributed by atoms with E-state index in [1.807, 2.05) is 53.5 Å². The van der Waals surface area contributed by atoms with Crippen molar-refractivity contribution in [2.24, 2.45) is 0 Å². The van der Waals surface area contributed by atoms with E-state index in [2.05, 4.69) is 34.1 Å². The summed E-state index contributed by atoms with van der Waals surface area (Å²) in [7, 11) is 2.15. The monoisotopic (exact) mass is 486 g/mol. The predicted octanol–water partition coefficient (Wildman–Crippen LogP) is 6.11. The van der Waals surface area contributed by atoms with Gasteiger partial charge in [0.2, 0.25) is 0 Å². The van der Waals surface area contributed by atoms with Crippen LogP contribution in [0.15, 0.2) is 66.9 Å². The molecule has 0 spiro atoms. The molecule has 178 valence electrons. The smallest absolute Gasteiger partial charge is 0.310 e. The average molecular weight is 487 g/mol. The van der Waals surface area contributed by atoms with Gasteiger partial charge < -0.3 is 19.7 Å². The molecule has 0 unspecified atom stereocenters. The average Bonchev–Trinajstić information content (AvgIpc) is 3.43. The second-order valence-electron chi connectivity index (χ2n) is 9.46. The third kappa shape index (κ3) is 3.94. The van der Waals surface area contributed by atoms with Gasteiger partial charge in [-0.2, -0.15) is 0 Å². The van der Waals surface area contributed by atoms with Gasteiger partial charge in [-0.05, 0) is 67.9 Å². The maximum atomic E-state index is 13.9. The standard InChI is InChI=1S/C28H27FN4OS/c1-18-5-11-21(12-6-18)30-28(34)33-16-23-22-13-15-31(2)17-25(22)35-27(23)32-14-3-4-24(32)26(33)19-7-9-20(29)10-8-19/h3-12,14,26H,13,15-17H2,1-2H3,(H,30,34)/t26-/m0/s1. The quantitative estimate of drug-likeness (QED) is 0.371. The minimum Gasteiger partial charge on any atom is -0.310 e. The molecule has 4 aromatic rings. The number of aryl methyl sites for hydroxylation is 1. The van der Waals surface area contributed by atoms with E-state index < -0.39 is 0 Å². The molecule has 2 aliphatic heterocycles. The first-order valence-electron chi connectivity index (χ1n) is 11.9. The van der Waals surface area contributed by atoms with Crippen molar-refractivity contribution in [1.29, 1.82) is 0 Å². The number of urea groups is 1. The lowest BCUT2D eigenvalue weighted by atomic mass is 10.0. The molecule has 2 aromatic heterocycles. The summed E-state index contributed by atoms with van der Waals surface area (Å²) in [4.78, 5) is 19.5. The van der Waals surface area contributed by atoms with E-state index >= 15 is 0 Å². The molecule has 0 saturated heterocycles. The van der Waals surface area contributed by atoms with Crippen molar-refractivity contribution < 1.29 is 9.18 Å². The highest BCUT2D eigenvalue weighted by atomic mass is 32.1. The summed E-state index contributed by atoms with van der Waals surface area (Å²) < 4.78 is 16.1. The van der Waals surface area contributed by atoms with E-state index in [9.17, 15) is 9.18 Å². The molecule has 4 heterocycles. The Balaban J connectivity index is 1.48. The number of hydrogen-bond donors (Lipinski definition) is 1. The number of benzene rings is 2. The normalized spacial score (nSPS) is 17.3. The van der Waals surface area contributed by atoms with Crippen LogP contribution in [0.3, 0.4) is 0 Å². The van der Waals surface area contributed by atoms with Crippen LogP contribution >= 0.6 is 11.3 Å². The fourth-order valence-corrected chi connectivity index (χ4v) is 6.62. The van der Waals surface area contributed by atoms with Gasteiger partial charge in [-0.1, -0.05) is 29.8 Å². The summed E-state index contributed by atoms with van der Waals surface area (Å²) >= 11 is 1.82. The summed E-state index contributed by atoms with van der Waals surface area (Å²) in [5.41, 5.74) is 6.37. The van der Waals surface area contributed by atoms with Crippen LogP contribution in [0.1, 0.15) is 38.9 Å². The molecule has 35 heavy (non-hydrogen) atoms. The fourth-order valence-electron chi connectivity index (χ4n) is 5.18. The van der Waals surface area contributed by atoms with Crippen molar-refractivity contribution >= 4 is 23.1 Å². The molecular formula is C28H27FN4OS.